The van der Waals surface area contributed by atoms with Crippen molar-refractivity contribution in [3.05, 3.63) is 108 Å². The molecule has 3 aromatic rings. The second kappa shape index (κ2) is 36.7. The number of ketones is 1. The van der Waals surface area contributed by atoms with E-state index in [1.165, 1.54) is 0 Å². The number of Topliss-reactive ketones (excluding diaryl/α,β-unsaturated/α-hetero) is 1. The Morgan fingerprint density at radius 1 is 0.616 bits per heavy atom. The Kier molecular flexibility index (Phi) is 31.6. The number of amides is 6. The Bertz CT molecular complexity index is 2250. The number of nitrogens with two attached hydrogens (primary N) is 7. The third-order valence-electron chi connectivity index (χ3n) is 10.6. The summed E-state index contributed by atoms with van der Waals surface area (Å²) in [7, 11) is 0. The molecule has 6 amide bonds. The SMILES string of the molecule is C.[2H][C@@](CCCCN)(NC(=O)[C@@H](CC(=O)[C@@H](CCCN=C(N)N)NC(=O)[C@@H](N)Cc1ccccc1)Cc1ccccc1)C(N)=O.[2H][C@@](CCCCNC(=O)OC(C)(C)C)(NC(=O)[C@@H](N)Cc1ccccc1)C(N)=O.[W]. The summed E-state index contributed by atoms with van der Waals surface area (Å²) in [6.07, 6.45) is 2.24. The molecule has 3 aromatic carbocycles. The van der Waals surface area contributed by atoms with Crippen LogP contribution in [0.1, 0.15) is 105 Å². The molecule has 0 saturated carbocycles. The van der Waals surface area contributed by atoms with Gasteiger partial charge in [-0.1, -0.05) is 98.4 Å². The van der Waals surface area contributed by atoms with Crippen LogP contribution in [0.2, 0.25) is 0 Å². The first-order valence-electron chi connectivity index (χ1n) is 24.8. The van der Waals surface area contributed by atoms with E-state index >= 15 is 0 Å². The number of guanidine groups is 1. The molecule has 18 N–H and O–H groups in total. The van der Waals surface area contributed by atoms with Gasteiger partial charge in [0.1, 0.15) is 17.6 Å². The number of benzene rings is 3. The number of nitrogens with zero attached hydrogens (tertiary/aromatic N) is 1. The predicted molar refractivity (Wildman–Crippen MR) is 281 cm³/mol. The zero-order valence-electron chi connectivity index (χ0n) is 43.7. The Balaban J connectivity index is 0.00000154. The smallest absolute Gasteiger partial charge is 0.407 e. The zero-order valence-corrected chi connectivity index (χ0v) is 44.7. The number of hydrogen-bond donors (Lipinski definition) is 11. The molecule has 0 spiro atoms. The quantitative estimate of drug-likeness (QED) is 0.0258. The molecule has 0 aliphatic rings. The number of primary amides is 2. The summed E-state index contributed by atoms with van der Waals surface area (Å²) in [5.74, 6) is -5.24. The maximum absolute atomic E-state index is 13.7. The molecule has 0 aliphatic heterocycles. The molecular weight excluding hydrogens is 1100 g/mol. The van der Waals surface area contributed by atoms with Crippen molar-refractivity contribution < 1.29 is 62.1 Å². The zero-order chi connectivity index (χ0) is 54.6. The standard InChI is InChI=1S/C31H46N8O4.C20H32N4O4.CH4.W/c32-16-8-7-14-26(28(34)41)39-29(42)23(18-21-10-3-1-4-11-21)20-27(40)25(15-9-17-37-31(35)36)38-30(43)24(33)19-22-12-5-2-6-13-22;1-20(2,3)28-19(27)23-12-8-7-11-16(17(22)25)24-18(26)15(21)13-14-9-5-4-6-10-14;;/h1-6,10-13,23-26H,7-9,14-20,32-33H2,(H2,34,41)(H,38,43)(H,39,42)(H4,35,36,37);4-6,9-10,15-16H,7-8,11-13,21H2,1-3H3,(H2,22,25)(H,23,27)(H,24,26);1H4;/t23-,24+,25-,26+;15-,16-;;/m10../s1/i26D;16D;;. The van der Waals surface area contributed by atoms with E-state index in [4.69, 9.17) is 47.6 Å². The van der Waals surface area contributed by atoms with Crippen LogP contribution in [0.3, 0.4) is 0 Å². The van der Waals surface area contributed by atoms with Crippen molar-refractivity contribution in [2.24, 2.45) is 51.0 Å². The molecule has 73 heavy (non-hydrogen) atoms. The van der Waals surface area contributed by atoms with Crippen LogP contribution in [0.4, 0.5) is 4.79 Å². The van der Waals surface area contributed by atoms with Gasteiger partial charge in [-0.3, -0.25) is 33.8 Å². The van der Waals surface area contributed by atoms with Crippen LogP contribution in [-0.2, 0) is 73.8 Å². The molecule has 404 valence electrons. The van der Waals surface area contributed by atoms with Crippen LogP contribution in [0.15, 0.2) is 96.0 Å². The van der Waals surface area contributed by atoms with Crippen molar-refractivity contribution in [3.63, 3.8) is 0 Å². The second-order valence-electron chi connectivity index (χ2n) is 18.0. The summed E-state index contributed by atoms with van der Waals surface area (Å²) >= 11 is 0. The number of aliphatic imine (C=N–C) groups is 1. The van der Waals surface area contributed by atoms with E-state index in [0.717, 1.165) is 16.7 Å². The second-order valence-corrected chi connectivity index (χ2v) is 18.0. The summed E-state index contributed by atoms with van der Waals surface area (Å²) in [6.45, 7) is 6.19. The van der Waals surface area contributed by atoms with Gasteiger partial charge >= 0.3 is 6.09 Å². The van der Waals surface area contributed by atoms with Crippen molar-refractivity contribution in [2.75, 3.05) is 19.6 Å². The Hall–Kier alpha value is -6.21. The normalized spacial score (nSPS) is 14.4. The molecular formula is C52H82N12O8W. The molecule has 0 heterocycles. The number of hydrogen-bond acceptors (Lipinski definition) is 12. The molecule has 0 radical (unpaired) electrons. The Morgan fingerprint density at radius 2 is 1.05 bits per heavy atom. The van der Waals surface area contributed by atoms with Crippen molar-refractivity contribution >= 4 is 47.4 Å². The van der Waals surface area contributed by atoms with Gasteiger partial charge in [0.25, 0.3) is 0 Å². The van der Waals surface area contributed by atoms with E-state index in [0.29, 0.717) is 45.2 Å². The monoisotopic (exact) mass is 1190 g/mol. The van der Waals surface area contributed by atoms with Crippen molar-refractivity contribution in [1.29, 1.82) is 0 Å². The van der Waals surface area contributed by atoms with Crippen molar-refractivity contribution in [3.8, 4) is 0 Å². The number of unbranched alkanes of at least 4 members (excludes halogenated alkanes) is 2. The summed E-state index contributed by atoms with van der Waals surface area (Å²) in [5, 5.41) is 10.2. The van der Waals surface area contributed by atoms with Crippen LogP contribution in [0.5, 0.6) is 0 Å². The van der Waals surface area contributed by atoms with Crippen LogP contribution >= 0.6 is 0 Å². The van der Waals surface area contributed by atoms with Gasteiger partial charge in [0.15, 0.2) is 11.7 Å². The minimum Gasteiger partial charge on any atom is -0.444 e. The topological polar surface area (TPSA) is 371 Å². The molecule has 20 nitrogen and oxygen atoms in total. The van der Waals surface area contributed by atoms with Gasteiger partial charge in [-0.25, -0.2) is 4.79 Å². The summed E-state index contributed by atoms with van der Waals surface area (Å²) in [5.41, 5.74) is 41.2. The molecule has 0 bridgehead atoms. The Labute approximate surface area is 448 Å². The van der Waals surface area contributed by atoms with E-state index in [-0.39, 0.29) is 85.9 Å². The number of carbonyl (C=O) groups is 7. The fourth-order valence-electron chi connectivity index (χ4n) is 6.92. The third kappa shape index (κ3) is 29.8. The van der Waals surface area contributed by atoms with Gasteiger partial charge in [-0.05, 0) is 115 Å². The third-order valence-corrected chi connectivity index (χ3v) is 10.6. The first-order chi connectivity index (χ1) is 34.4. The van der Waals surface area contributed by atoms with Gasteiger partial charge in [0, 0.05) is 46.5 Å². The van der Waals surface area contributed by atoms with Gasteiger partial charge in [-0.15, -0.1) is 0 Å². The number of alkyl carbamates (subject to hydrolysis) is 1. The first kappa shape index (κ1) is 62.9. The van der Waals surface area contributed by atoms with E-state index in [1.807, 2.05) is 78.9 Å². The van der Waals surface area contributed by atoms with Gasteiger partial charge in [0.2, 0.25) is 29.5 Å². The molecule has 6 atom stereocenters. The average Bonchev–Trinajstić information content (AvgIpc) is 3.32. The number of carbonyl (C=O) groups excluding carboxylic acids is 7. The van der Waals surface area contributed by atoms with Crippen LogP contribution < -0.4 is 61.4 Å². The van der Waals surface area contributed by atoms with Gasteiger partial charge < -0.3 is 66.1 Å². The minimum atomic E-state index is -2.07. The largest absolute Gasteiger partial charge is 0.444 e. The molecule has 0 fully saturated rings. The average molecular weight is 1190 g/mol. The van der Waals surface area contributed by atoms with E-state index in [2.05, 4.69) is 26.3 Å². The van der Waals surface area contributed by atoms with E-state index in [9.17, 15) is 33.6 Å². The molecule has 0 saturated heterocycles. The maximum Gasteiger partial charge on any atom is 0.407 e. The van der Waals surface area contributed by atoms with Gasteiger partial charge in [-0.2, -0.15) is 0 Å². The fourth-order valence-corrected chi connectivity index (χ4v) is 6.92. The van der Waals surface area contributed by atoms with Gasteiger partial charge in [0.05, 0.1) is 20.9 Å². The summed E-state index contributed by atoms with van der Waals surface area (Å²) in [4.78, 5) is 92.2. The van der Waals surface area contributed by atoms with E-state index in [1.54, 1.807) is 32.9 Å². The van der Waals surface area contributed by atoms with E-state index < -0.39 is 83.1 Å². The minimum absolute atomic E-state index is 0. The molecule has 0 aromatic heterocycles. The van der Waals surface area contributed by atoms with Crippen LogP contribution in [-0.4, -0.2) is 103 Å². The molecule has 21 heteroatoms. The summed E-state index contributed by atoms with van der Waals surface area (Å²) < 4.78 is 21.9. The first-order valence-corrected chi connectivity index (χ1v) is 23.8. The van der Waals surface area contributed by atoms with Crippen LogP contribution in [0.25, 0.3) is 0 Å². The van der Waals surface area contributed by atoms with Crippen LogP contribution in [0, 0.1) is 5.92 Å². The van der Waals surface area contributed by atoms with Crippen molar-refractivity contribution in [2.45, 2.75) is 141 Å². The Morgan fingerprint density at radius 3 is 1.49 bits per heavy atom. The summed E-state index contributed by atoms with van der Waals surface area (Å²) in [6, 6.07) is 20.7. The maximum atomic E-state index is 13.7. The molecule has 0 unspecified atom stereocenters. The fraction of sp³-hybridized carbons (Fsp3) is 0.500. The predicted octanol–water partition coefficient (Wildman–Crippen LogP) is 1.87. The molecule has 0 aliphatic carbocycles. The molecule has 3 rings (SSSR count). The number of nitrogens with one attached hydrogen (secondary N) is 4. The van der Waals surface area contributed by atoms with Crippen molar-refractivity contribution in [1.82, 2.24) is 21.3 Å². The number of ether oxygens (including phenoxy) is 1. The number of rotatable bonds is 30.